The molecule has 1 heterocycles. The number of rotatable bonds is 4. The van der Waals surface area contributed by atoms with Crippen LogP contribution in [0.25, 0.3) is 10.9 Å². The number of benzene rings is 2. The molecule has 0 aliphatic rings. The summed E-state index contributed by atoms with van der Waals surface area (Å²) in [5.41, 5.74) is 2.78. The lowest BCUT2D eigenvalue weighted by atomic mass is 10.1. The van der Waals surface area contributed by atoms with Gasteiger partial charge >= 0.3 is 0 Å². The highest BCUT2D eigenvalue weighted by Gasteiger charge is 2.18. The molecule has 0 fully saturated rings. The van der Waals surface area contributed by atoms with Crippen molar-refractivity contribution in [1.29, 1.82) is 0 Å². The third-order valence-corrected chi connectivity index (χ3v) is 3.88. The van der Waals surface area contributed by atoms with E-state index in [9.17, 15) is 9.59 Å². The van der Waals surface area contributed by atoms with Gasteiger partial charge in [0.2, 0.25) is 0 Å². The third kappa shape index (κ3) is 2.99. The van der Waals surface area contributed by atoms with Gasteiger partial charge in [0, 0.05) is 31.6 Å². The van der Waals surface area contributed by atoms with Crippen LogP contribution in [0.4, 0.5) is 0 Å². The number of nitrogens with one attached hydrogen (secondary N) is 2. The molecule has 6 heteroatoms. The van der Waals surface area contributed by atoms with Crippen LogP contribution in [0.2, 0.25) is 0 Å². The van der Waals surface area contributed by atoms with Gasteiger partial charge in [0.05, 0.1) is 5.52 Å². The second kappa shape index (κ2) is 6.54. The number of carbonyl (C=O) groups excluding carboxylic acids is 2. The molecule has 3 rings (SSSR count). The molecule has 0 atom stereocenters. The molecule has 2 aromatic carbocycles. The average Bonchev–Trinajstić information content (AvgIpc) is 3.05. The van der Waals surface area contributed by atoms with E-state index in [-0.39, 0.29) is 11.8 Å². The lowest BCUT2D eigenvalue weighted by molar-refractivity contribution is 0.0780. The van der Waals surface area contributed by atoms with Crippen LogP contribution in [0.3, 0.4) is 0 Å². The molecule has 0 saturated heterocycles. The van der Waals surface area contributed by atoms with E-state index < -0.39 is 0 Å². The number of aromatic amines is 1. The zero-order chi connectivity index (χ0) is 17.1. The molecule has 2 amide bonds. The SMILES string of the molecule is CNC(=O)c1ccc(CN(C)C(=O)c2n[nH]c3ccccc23)cc1. The monoisotopic (exact) mass is 322 g/mol. The molecule has 0 aliphatic carbocycles. The number of hydrogen-bond acceptors (Lipinski definition) is 3. The van der Waals surface area contributed by atoms with E-state index in [4.69, 9.17) is 0 Å². The fraction of sp³-hybridized carbons (Fsp3) is 0.167. The smallest absolute Gasteiger partial charge is 0.275 e. The van der Waals surface area contributed by atoms with Gasteiger partial charge in [0.25, 0.3) is 11.8 Å². The van der Waals surface area contributed by atoms with Crippen LogP contribution in [0.1, 0.15) is 26.4 Å². The zero-order valence-electron chi connectivity index (χ0n) is 13.5. The molecule has 0 bridgehead atoms. The van der Waals surface area contributed by atoms with Crippen molar-refractivity contribution < 1.29 is 9.59 Å². The first-order valence-electron chi connectivity index (χ1n) is 7.59. The summed E-state index contributed by atoms with van der Waals surface area (Å²) in [6.07, 6.45) is 0. The molecule has 2 N–H and O–H groups in total. The Kier molecular flexibility index (Phi) is 4.29. The molecule has 0 saturated carbocycles. The van der Waals surface area contributed by atoms with Crippen molar-refractivity contribution in [3.63, 3.8) is 0 Å². The quantitative estimate of drug-likeness (QED) is 0.773. The van der Waals surface area contributed by atoms with E-state index in [2.05, 4.69) is 15.5 Å². The molecule has 0 aliphatic heterocycles. The summed E-state index contributed by atoms with van der Waals surface area (Å²) in [5, 5.41) is 10.4. The zero-order valence-corrected chi connectivity index (χ0v) is 13.5. The standard InChI is InChI=1S/C18H18N4O2/c1-19-17(23)13-9-7-12(8-10-13)11-22(2)18(24)16-14-5-3-4-6-15(14)20-21-16/h3-10H,11H2,1-2H3,(H,19,23)(H,20,21). The first-order valence-corrected chi connectivity index (χ1v) is 7.59. The van der Waals surface area contributed by atoms with E-state index in [0.29, 0.717) is 17.8 Å². The van der Waals surface area contributed by atoms with Gasteiger partial charge in [0.1, 0.15) is 0 Å². The molecule has 6 nitrogen and oxygen atoms in total. The summed E-state index contributed by atoms with van der Waals surface area (Å²) in [7, 11) is 3.33. The van der Waals surface area contributed by atoms with Gasteiger partial charge < -0.3 is 10.2 Å². The van der Waals surface area contributed by atoms with Gasteiger partial charge in [-0.2, -0.15) is 5.10 Å². The highest BCUT2D eigenvalue weighted by Crippen LogP contribution is 2.17. The fourth-order valence-electron chi connectivity index (χ4n) is 2.56. The van der Waals surface area contributed by atoms with Crippen LogP contribution >= 0.6 is 0 Å². The first-order chi connectivity index (χ1) is 11.6. The predicted octanol–water partition coefficient (Wildman–Crippen LogP) is 2.19. The third-order valence-electron chi connectivity index (χ3n) is 3.88. The topological polar surface area (TPSA) is 78.1 Å². The van der Waals surface area contributed by atoms with E-state index in [1.165, 1.54) is 0 Å². The van der Waals surface area contributed by atoms with Crippen LogP contribution in [0.15, 0.2) is 48.5 Å². The molecular formula is C18H18N4O2. The molecular weight excluding hydrogens is 304 g/mol. The number of hydrogen-bond donors (Lipinski definition) is 2. The number of fused-ring (bicyclic) bond motifs is 1. The second-order valence-corrected chi connectivity index (χ2v) is 5.56. The average molecular weight is 322 g/mol. The van der Waals surface area contributed by atoms with Crippen molar-refractivity contribution in [2.45, 2.75) is 6.54 Å². The number of carbonyl (C=O) groups is 2. The van der Waals surface area contributed by atoms with Crippen molar-refractivity contribution >= 4 is 22.7 Å². The Morgan fingerprint density at radius 1 is 1.12 bits per heavy atom. The molecule has 122 valence electrons. The Balaban J connectivity index is 1.75. The lowest BCUT2D eigenvalue weighted by Crippen LogP contribution is -2.26. The summed E-state index contributed by atoms with van der Waals surface area (Å²) >= 11 is 0. The van der Waals surface area contributed by atoms with Crippen LogP contribution in [0, 0.1) is 0 Å². The van der Waals surface area contributed by atoms with Gasteiger partial charge in [0.15, 0.2) is 5.69 Å². The molecule has 3 aromatic rings. The van der Waals surface area contributed by atoms with E-state index in [1.807, 2.05) is 36.4 Å². The minimum atomic E-state index is -0.150. The maximum absolute atomic E-state index is 12.6. The first kappa shape index (κ1) is 15.7. The van der Waals surface area contributed by atoms with Gasteiger partial charge in [-0.15, -0.1) is 0 Å². The van der Waals surface area contributed by atoms with Crippen LogP contribution in [-0.2, 0) is 6.54 Å². The summed E-state index contributed by atoms with van der Waals surface area (Å²) in [4.78, 5) is 25.8. The van der Waals surface area contributed by atoms with Gasteiger partial charge in [-0.05, 0) is 23.8 Å². The van der Waals surface area contributed by atoms with Crippen LogP contribution < -0.4 is 5.32 Å². The highest BCUT2D eigenvalue weighted by molar-refractivity contribution is 6.04. The summed E-state index contributed by atoms with van der Waals surface area (Å²) in [5.74, 6) is -0.281. The maximum Gasteiger partial charge on any atom is 0.275 e. The van der Waals surface area contributed by atoms with Crippen LogP contribution in [-0.4, -0.2) is 41.0 Å². The number of H-pyrrole nitrogens is 1. The summed E-state index contributed by atoms with van der Waals surface area (Å²) in [6, 6.07) is 14.7. The second-order valence-electron chi connectivity index (χ2n) is 5.56. The number of nitrogens with zero attached hydrogens (tertiary/aromatic N) is 2. The van der Waals surface area contributed by atoms with E-state index in [0.717, 1.165) is 16.5 Å². The molecule has 24 heavy (non-hydrogen) atoms. The maximum atomic E-state index is 12.6. The Hall–Kier alpha value is -3.15. The minimum Gasteiger partial charge on any atom is -0.355 e. The minimum absolute atomic E-state index is 0.131. The summed E-state index contributed by atoms with van der Waals surface area (Å²) < 4.78 is 0. The van der Waals surface area contributed by atoms with Crippen molar-refractivity contribution in [3.05, 3.63) is 65.4 Å². The van der Waals surface area contributed by atoms with Gasteiger partial charge in [-0.3, -0.25) is 14.7 Å². The Morgan fingerprint density at radius 2 is 1.83 bits per heavy atom. The summed E-state index contributed by atoms with van der Waals surface area (Å²) in [6.45, 7) is 0.439. The Bertz CT molecular complexity index is 883. The lowest BCUT2D eigenvalue weighted by Gasteiger charge is -2.16. The van der Waals surface area contributed by atoms with Crippen molar-refractivity contribution in [1.82, 2.24) is 20.4 Å². The van der Waals surface area contributed by atoms with Crippen molar-refractivity contribution in [3.8, 4) is 0 Å². The van der Waals surface area contributed by atoms with Gasteiger partial charge in [-0.25, -0.2) is 0 Å². The normalized spacial score (nSPS) is 10.6. The number of aromatic nitrogens is 2. The largest absolute Gasteiger partial charge is 0.355 e. The van der Waals surface area contributed by atoms with Gasteiger partial charge in [-0.1, -0.05) is 30.3 Å². The van der Waals surface area contributed by atoms with E-state index >= 15 is 0 Å². The van der Waals surface area contributed by atoms with Crippen molar-refractivity contribution in [2.75, 3.05) is 14.1 Å². The molecule has 0 spiro atoms. The molecule has 0 unspecified atom stereocenters. The predicted molar refractivity (Wildman–Crippen MR) is 91.7 cm³/mol. The van der Waals surface area contributed by atoms with Crippen molar-refractivity contribution in [2.24, 2.45) is 0 Å². The molecule has 0 radical (unpaired) electrons. The molecule has 1 aromatic heterocycles. The number of amides is 2. The van der Waals surface area contributed by atoms with E-state index in [1.54, 1.807) is 31.1 Å². The fourth-order valence-corrected chi connectivity index (χ4v) is 2.56. The Morgan fingerprint density at radius 3 is 2.54 bits per heavy atom. The Labute approximate surface area is 139 Å². The highest BCUT2D eigenvalue weighted by atomic mass is 16.2. The number of para-hydroxylation sites is 1. The van der Waals surface area contributed by atoms with Crippen LogP contribution in [0.5, 0.6) is 0 Å².